The summed E-state index contributed by atoms with van der Waals surface area (Å²) < 4.78 is 10.8. The molecule has 0 aliphatic carbocycles. The van der Waals surface area contributed by atoms with Crippen molar-refractivity contribution in [2.24, 2.45) is 4.99 Å². The van der Waals surface area contributed by atoms with E-state index in [0.29, 0.717) is 18.6 Å². The van der Waals surface area contributed by atoms with E-state index in [-0.39, 0.29) is 0 Å². The molecule has 20 heavy (non-hydrogen) atoms. The average Bonchev–Trinajstić information content (AvgIpc) is 3.10. The summed E-state index contributed by atoms with van der Waals surface area (Å²) in [7, 11) is 1.75. The van der Waals surface area contributed by atoms with E-state index in [1.807, 2.05) is 6.07 Å². The Balaban J connectivity index is 1.75. The monoisotopic (exact) mass is 280 g/mol. The van der Waals surface area contributed by atoms with E-state index in [1.54, 1.807) is 7.05 Å². The minimum Gasteiger partial charge on any atom is -0.376 e. The van der Waals surface area contributed by atoms with Crippen LogP contribution in [0.5, 0.6) is 0 Å². The van der Waals surface area contributed by atoms with E-state index in [0.717, 1.165) is 43.4 Å². The maximum atomic E-state index is 5.57. The van der Waals surface area contributed by atoms with Gasteiger partial charge in [0.15, 0.2) is 11.7 Å². The molecule has 2 rings (SSSR count). The number of nitrogens with one attached hydrogen (secondary N) is 2. The van der Waals surface area contributed by atoms with Crippen LogP contribution in [0, 0.1) is 0 Å². The third-order valence-electron chi connectivity index (χ3n) is 3.34. The summed E-state index contributed by atoms with van der Waals surface area (Å²) in [6, 6.07) is 1.98. The van der Waals surface area contributed by atoms with Gasteiger partial charge >= 0.3 is 0 Å². The Morgan fingerprint density at radius 3 is 2.95 bits per heavy atom. The summed E-state index contributed by atoms with van der Waals surface area (Å²) in [6.07, 6.45) is 2.56. The molecule has 1 unspecified atom stereocenters. The van der Waals surface area contributed by atoms with Gasteiger partial charge < -0.3 is 19.9 Å². The highest BCUT2D eigenvalue weighted by Crippen LogP contribution is 2.13. The second-order valence-electron chi connectivity index (χ2n) is 5.31. The maximum Gasteiger partial charge on any atom is 0.191 e. The van der Waals surface area contributed by atoms with Crippen LogP contribution in [-0.2, 0) is 11.3 Å². The lowest BCUT2D eigenvalue weighted by atomic mass is 10.1. The molecule has 6 nitrogen and oxygen atoms in total. The predicted octanol–water partition coefficient (Wildman–Crippen LogP) is 1.64. The van der Waals surface area contributed by atoms with Gasteiger partial charge in [0.1, 0.15) is 0 Å². The Bertz CT molecular complexity index is 436. The zero-order valence-electron chi connectivity index (χ0n) is 12.5. The molecule has 1 atom stereocenters. The van der Waals surface area contributed by atoms with Gasteiger partial charge in [0.2, 0.25) is 0 Å². The number of guanidine groups is 1. The van der Waals surface area contributed by atoms with Gasteiger partial charge in [-0.3, -0.25) is 4.99 Å². The topological polar surface area (TPSA) is 71.7 Å². The zero-order chi connectivity index (χ0) is 14.4. The molecular weight excluding hydrogens is 256 g/mol. The third kappa shape index (κ3) is 4.23. The van der Waals surface area contributed by atoms with E-state index >= 15 is 0 Å². The first kappa shape index (κ1) is 14.8. The van der Waals surface area contributed by atoms with Crippen LogP contribution in [0.25, 0.3) is 0 Å². The van der Waals surface area contributed by atoms with Gasteiger partial charge in [-0.1, -0.05) is 19.0 Å². The van der Waals surface area contributed by atoms with Crippen molar-refractivity contribution >= 4 is 5.96 Å². The first-order chi connectivity index (χ1) is 9.69. The molecule has 0 spiro atoms. The second kappa shape index (κ2) is 7.28. The van der Waals surface area contributed by atoms with Crippen molar-refractivity contribution in [3.05, 3.63) is 17.5 Å². The second-order valence-corrected chi connectivity index (χ2v) is 5.31. The number of hydrogen-bond donors (Lipinski definition) is 2. The molecule has 0 radical (unpaired) electrons. The Labute approximate surface area is 120 Å². The van der Waals surface area contributed by atoms with Gasteiger partial charge in [-0.25, -0.2) is 0 Å². The molecule has 2 heterocycles. The highest BCUT2D eigenvalue weighted by molar-refractivity contribution is 5.79. The van der Waals surface area contributed by atoms with E-state index in [4.69, 9.17) is 9.26 Å². The van der Waals surface area contributed by atoms with Gasteiger partial charge in [-0.15, -0.1) is 0 Å². The summed E-state index contributed by atoms with van der Waals surface area (Å²) in [5.74, 6) is 1.95. The van der Waals surface area contributed by atoms with Gasteiger partial charge in [0.05, 0.1) is 18.3 Å². The maximum absolute atomic E-state index is 5.57. The third-order valence-corrected chi connectivity index (χ3v) is 3.34. The summed E-state index contributed by atoms with van der Waals surface area (Å²) >= 11 is 0. The van der Waals surface area contributed by atoms with Crippen molar-refractivity contribution in [1.82, 2.24) is 15.8 Å². The van der Waals surface area contributed by atoms with E-state index in [1.165, 1.54) is 0 Å². The summed E-state index contributed by atoms with van der Waals surface area (Å²) in [6.45, 7) is 6.42. The van der Waals surface area contributed by atoms with E-state index in [9.17, 15) is 0 Å². The quantitative estimate of drug-likeness (QED) is 0.634. The molecule has 0 aromatic carbocycles. The molecule has 1 aromatic rings. The predicted molar refractivity (Wildman–Crippen MR) is 77.8 cm³/mol. The van der Waals surface area contributed by atoms with Crippen LogP contribution in [-0.4, -0.2) is 37.4 Å². The van der Waals surface area contributed by atoms with Crippen LogP contribution < -0.4 is 10.6 Å². The first-order valence-electron chi connectivity index (χ1n) is 7.20. The van der Waals surface area contributed by atoms with Crippen molar-refractivity contribution < 1.29 is 9.26 Å². The van der Waals surface area contributed by atoms with Crippen LogP contribution in [0.4, 0.5) is 0 Å². The zero-order valence-corrected chi connectivity index (χ0v) is 12.5. The molecule has 2 N–H and O–H groups in total. The van der Waals surface area contributed by atoms with Crippen LogP contribution in [0.2, 0.25) is 0 Å². The van der Waals surface area contributed by atoms with E-state index in [2.05, 4.69) is 34.6 Å². The van der Waals surface area contributed by atoms with Gasteiger partial charge in [-0.2, -0.15) is 0 Å². The molecule has 1 aliphatic rings. The summed E-state index contributed by atoms with van der Waals surface area (Å²) in [5, 5.41) is 10.5. The molecule has 0 amide bonds. The van der Waals surface area contributed by atoms with Gasteiger partial charge in [-0.05, 0) is 18.8 Å². The first-order valence-corrected chi connectivity index (χ1v) is 7.20. The standard InChI is InChI=1S/C14H24N4O2/c1-10(2)13-7-12(20-18-13)9-17-14(15-3)16-8-11-5-4-6-19-11/h7,10-11H,4-6,8-9H2,1-3H3,(H2,15,16,17). The van der Waals surface area contributed by atoms with Crippen LogP contribution >= 0.6 is 0 Å². The summed E-state index contributed by atoms with van der Waals surface area (Å²) in [4.78, 5) is 4.18. The Morgan fingerprint density at radius 1 is 1.50 bits per heavy atom. The van der Waals surface area contributed by atoms with Crippen molar-refractivity contribution in [2.75, 3.05) is 20.2 Å². The summed E-state index contributed by atoms with van der Waals surface area (Å²) in [5.41, 5.74) is 0.976. The van der Waals surface area contributed by atoms with Crippen LogP contribution in [0.15, 0.2) is 15.6 Å². The number of nitrogens with zero attached hydrogens (tertiary/aromatic N) is 2. The molecular formula is C14H24N4O2. The fourth-order valence-electron chi connectivity index (χ4n) is 2.09. The van der Waals surface area contributed by atoms with Crippen LogP contribution in [0.1, 0.15) is 44.1 Å². The molecule has 112 valence electrons. The molecule has 1 fully saturated rings. The average molecular weight is 280 g/mol. The lowest BCUT2D eigenvalue weighted by Crippen LogP contribution is -2.40. The van der Waals surface area contributed by atoms with E-state index < -0.39 is 0 Å². The van der Waals surface area contributed by atoms with Crippen molar-refractivity contribution in [3.63, 3.8) is 0 Å². The van der Waals surface area contributed by atoms with Crippen molar-refractivity contribution in [2.45, 2.75) is 45.3 Å². The molecule has 1 aromatic heterocycles. The number of ether oxygens (including phenoxy) is 1. The fraction of sp³-hybridized carbons (Fsp3) is 0.714. The highest BCUT2D eigenvalue weighted by atomic mass is 16.5. The van der Waals surface area contributed by atoms with Gasteiger partial charge in [0.25, 0.3) is 0 Å². The number of aromatic nitrogens is 1. The lowest BCUT2D eigenvalue weighted by molar-refractivity contribution is 0.114. The minimum atomic E-state index is 0.298. The SMILES string of the molecule is CN=C(NCc1cc(C(C)C)no1)NCC1CCCO1. The minimum absolute atomic E-state index is 0.298. The molecule has 0 saturated carbocycles. The number of aliphatic imine (C=N–C) groups is 1. The molecule has 1 saturated heterocycles. The largest absolute Gasteiger partial charge is 0.376 e. The molecule has 1 aliphatic heterocycles. The Hall–Kier alpha value is -1.56. The Morgan fingerprint density at radius 2 is 2.35 bits per heavy atom. The molecule has 0 bridgehead atoms. The number of hydrogen-bond acceptors (Lipinski definition) is 4. The van der Waals surface area contributed by atoms with Crippen molar-refractivity contribution in [1.29, 1.82) is 0 Å². The van der Waals surface area contributed by atoms with Crippen LogP contribution in [0.3, 0.4) is 0 Å². The lowest BCUT2D eigenvalue weighted by Gasteiger charge is -2.14. The highest BCUT2D eigenvalue weighted by Gasteiger charge is 2.15. The Kier molecular flexibility index (Phi) is 5.40. The smallest absolute Gasteiger partial charge is 0.191 e. The van der Waals surface area contributed by atoms with Crippen molar-refractivity contribution in [3.8, 4) is 0 Å². The molecule has 6 heteroatoms. The van der Waals surface area contributed by atoms with Gasteiger partial charge in [0, 0.05) is 26.3 Å². The fourth-order valence-corrected chi connectivity index (χ4v) is 2.09. The number of rotatable bonds is 5. The normalized spacial score (nSPS) is 19.6.